The minimum atomic E-state index is -0.266. The van der Waals surface area contributed by atoms with Crippen LogP contribution in [0.25, 0.3) is 0 Å². The van der Waals surface area contributed by atoms with Gasteiger partial charge >= 0.3 is 0 Å². The molecule has 1 saturated heterocycles. The SMILES string of the molecule is CCOc1cc(N2CCOCC2)c(OCC)cc1NC(=O)COc1ccc(C)cc1. The van der Waals surface area contributed by atoms with Crippen molar-refractivity contribution in [3.8, 4) is 17.2 Å². The predicted molar refractivity (Wildman–Crippen MR) is 117 cm³/mol. The van der Waals surface area contributed by atoms with E-state index in [-0.39, 0.29) is 12.5 Å². The zero-order chi connectivity index (χ0) is 21.3. The Balaban J connectivity index is 1.76. The van der Waals surface area contributed by atoms with E-state index in [9.17, 15) is 4.79 Å². The van der Waals surface area contributed by atoms with Crippen molar-refractivity contribution in [2.75, 3.05) is 56.3 Å². The lowest BCUT2D eigenvalue weighted by Crippen LogP contribution is -2.36. The third-order valence-corrected chi connectivity index (χ3v) is 4.68. The summed E-state index contributed by atoms with van der Waals surface area (Å²) in [6.45, 7) is 9.67. The number of nitrogens with one attached hydrogen (secondary N) is 1. The maximum atomic E-state index is 12.5. The number of amides is 1. The van der Waals surface area contributed by atoms with E-state index in [1.807, 2.05) is 57.2 Å². The topological polar surface area (TPSA) is 69.3 Å². The summed E-state index contributed by atoms with van der Waals surface area (Å²) < 4.78 is 22.7. The quantitative estimate of drug-likeness (QED) is 0.676. The number of hydrogen-bond acceptors (Lipinski definition) is 6. The van der Waals surface area contributed by atoms with E-state index in [4.69, 9.17) is 18.9 Å². The van der Waals surface area contributed by atoms with Gasteiger partial charge in [-0.3, -0.25) is 4.79 Å². The van der Waals surface area contributed by atoms with Crippen LogP contribution >= 0.6 is 0 Å². The minimum absolute atomic E-state index is 0.0934. The molecule has 1 amide bonds. The second-order valence-corrected chi connectivity index (χ2v) is 6.93. The highest BCUT2D eigenvalue weighted by Crippen LogP contribution is 2.39. The molecule has 0 radical (unpaired) electrons. The number of nitrogens with zero attached hydrogens (tertiary/aromatic N) is 1. The lowest BCUT2D eigenvalue weighted by molar-refractivity contribution is -0.118. The van der Waals surface area contributed by atoms with E-state index >= 15 is 0 Å². The van der Waals surface area contributed by atoms with Gasteiger partial charge in [-0.05, 0) is 32.9 Å². The number of ether oxygens (including phenoxy) is 4. The Morgan fingerprint density at radius 1 is 1.00 bits per heavy atom. The number of morpholine rings is 1. The van der Waals surface area contributed by atoms with Crippen LogP contribution in [0.2, 0.25) is 0 Å². The van der Waals surface area contributed by atoms with E-state index in [0.717, 1.165) is 24.3 Å². The first kappa shape index (κ1) is 21.8. The molecule has 0 saturated carbocycles. The Morgan fingerprint density at radius 3 is 2.33 bits per heavy atom. The lowest BCUT2D eigenvalue weighted by atomic mass is 10.2. The lowest BCUT2D eigenvalue weighted by Gasteiger charge is -2.31. The smallest absolute Gasteiger partial charge is 0.262 e. The van der Waals surface area contributed by atoms with Gasteiger partial charge in [0.1, 0.15) is 17.2 Å². The molecule has 7 nitrogen and oxygen atoms in total. The maximum Gasteiger partial charge on any atom is 0.262 e. The number of carbonyl (C=O) groups is 1. The van der Waals surface area contributed by atoms with Gasteiger partial charge in [0.15, 0.2) is 6.61 Å². The van der Waals surface area contributed by atoms with Gasteiger partial charge in [-0.25, -0.2) is 0 Å². The summed E-state index contributed by atoms with van der Waals surface area (Å²) in [7, 11) is 0. The fourth-order valence-electron chi connectivity index (χ4n) is 3.21. The molecule has 0 atom stereocenters. The van der Waals surface area contributed by atoms with Gasteiger partial charge in [0.2, 0.25) is 0 Å². The van der Waals surface area contributed by atoms with Gasteiger partial charge in [0.05, 0.1) is 37.8 Å². The van der Waals surface area contributed by atoms with Crippen LogP contribution in [0, 0.1) is 6.92 Å². The van der Waals surface area contributed by atoms with Crippen LogP contribution in [0.3, 0.4) is 0 Å². The van der Waals surface area contributed by atoms with Gasteiger partial charge < -0.3 is 29.2 Å². The molecule has 2 aromatic rings. The summed E-state index contributed by atoms with van der Waals surface area (Å²) in [5.74, 6) is 1.69. The van der Waals surface area contributed by atoms with E-state index in [2.05, 4.69) is 10.2 Å². The van der Waals surface area contributed by atoms with Crippen molar-refractivity contribution in [1.82, 2.24) is 0 Å². The van der Waals surface area contributed by atoms with Gasteiger partial charge in [0, 0.05) is 25.2 Å². The summed E-state index contributed by atoms with van der Waals surface area (Å²) >= 11 is 0. The zero-order valence-electron chi connectivity index (χ0n) is 17.9. The fourth-order valence-corrected chi connectivity index (χ4v) is 3.21. The van der Waals surface area contributed by atoms with Crippen molar-refractivity contribution in [3.05, 3.63) is 42.0 Å². The van der Waals surface area contributed by atoms with Gasteiger partial charge in [-0.1, -0.05) is 17.7 Å². The van der Waals surface area contributed by atoms with Crippen molar-refractivity contribution in [1.29, 1.82) is 0 Å². The Bertz CT molecular complexity index is 832. The third-order valence-electron chi connectivity index (χ3n) is 4.68. The molecule has 0 aliphatic carbocycles. The number of hydrogen-bond donors (Lipinski definition) is 1. The second kappa shape index (κ2) is 10.7. The number of carbonyl (C=O) groups excluding carboxylic acids is 1. The average molecular weight is 415 g/mol. The normalized spacial score (nSPS) is 13.6. The molecule has 2 aromatic carbocycles. The van der Waals surface area contributed by atoms with Gasteiger partial charge in [-0.15, -0.1) is 0 Å². The Kier molecular flexibility index (Phi) is 7.79. The second-order valence-electron chi connectivity index (χ2n) is 6.93. The monoisotopic (exact) mass is 414 g/mol. The Morgan fingerprint density at radius 2 is 1.67 bits per heavy atom. The molecular formula is C23H30N2O5. The molecule has 0 bridgehead atoms. The Labute approximate surface area is 177 Å². The van der Waals surface area contributed by atoms with E-state index in [1.165, 1.54) is 0 Å². The van der Waals surface area contributed by atoms with E-state index in [0.29, 0.717) is 49.4 Å². The summed E-state index contributed by atoms with van der Waals surface area (Å²) in [6, 6.07) is 11.3. The molecule has 3 rings (SSSR count). The van der Waals surface area contributed by atoms with Gasteiger partial charge in [-0.2, -0.15) is 0 Å². The molecule has 0 spiro atoms. The summed E-state index contributed by atoms with van der Waals surface area (Å²) in [5.41, 5.74) is 2.64. The molecule has 7 heteroatoms. The molecule has 0 aromatic heterocycles. The highest BCUT2D eigenvalue weighted by atomic mass is 16.5. The molecule has 162 valence electrons. The van der Waals surface area contributed by atoms with Crippen LogP contribution < -0.4 is 24.4 Å². The van der Waals surface area contributed by atoms with Crippen molar-refractivity contribution >= 4 is 17.3 Å². The zero-order valence-corrected chi connectivity index (χ0v) is 17.9. The molecule has 1 heterocycles. The van der Waals surface area contributed by atoms with E-state index in [1.54, 1.807) is 0 Å². The summed E-state index contributed by atoms with van der Waals surface area (Å²) in [5, 5.41) is 2.89. The molecule has 1 fully saturated rings. The maximum absolute atomic E-state index is 12.5. The highest BCUT2D eigenvalue weighted by molar-refractivity contribution is 5.94. The largest absolute Gasteiger partial charge is 0.492 e. The molecule has 1 N–H and O–H groups in total. The molecule has 1 aliphatic rings. The first-order chi connectivity index (χ1) is 14.6. The number of rotatable bonds is 9. The van der Waals surface area contributed by atoms with Crippen LogP contribution in [-0.4, -0.2) is 52.0 Å². The van der Waals surface area contributed by atoms with Crippen LogP contribution in [0.15, 0.2) is 36.4 Å². The fraction of sp³-hybridized carbons (Fsp3) is 0.435. The van der Waals surface area contributed by atoms with Crippen molar-refractivity contribution < 1.29 is 23.7 Å². The third kappa shape index (κ3) is 5.79. The number of anilines is 2. The predicted octanol–water partition coefficient (Wildman–Crippen LogP) is 3.65. The van der Waals surface area contributed by atoms with Crippen LogP contribution in [0.5, 0.6) is 17.2 Å². The highest BCUT2D eigenvalue weighted by Gasteiger charge is 2.20. The van der Waals surface area contributed by atoms with Crippen LogP contribution in [0.1, 0.15) is 19.4 Å². The van der Waals surface area contributed by atoms with Gasteiger partial charge in [0.25, 0.3) is 5.91 Å². The standard InChI is InChI=1S/C23H30N2O5/c1-4-28-21-15-20(25-10-12-27-13-11-25)22(29-5-2)14-19(21)24-23(26)16-30-18-8-6-17(3)7-9-18/h6-9,14-15H,4-5,10-13,16H2,1-3H3,(H,24,26). The number of aryl methyl sites for hydroxylation is 1. The van der Waals surface area contributed by atoms with Crippen LogP contribution in [0.4, 0.5) is 11.4 Å². The first-order valence-corrected chi connectivity index (χ1v) is 10.4. The molecule has 30 heavy (non-hydrogen) atoms. The van der Waals surface area contributed by atoms with Crippen molar-refractivity contribution in [2.24, 2.45) is 0 Å². The van der Waals surface area contributed by atoms with Crippen molar-refractivity contribution in [3.63, 3.8) is 0 Å². The molecule has 1 aliphatic heterocycles. The van der Waals surface area contributed by atoms with E-state index < -0.39 is 0 Å². The first-order valence-electron chi connectivity index (χ1n) is 10.4. The average Bonchev–Trinajstić information content (AvgIpc) is 2.76. The molecular weight excluding hydrogens is 384 g/mol. The minimum Gasteiger partial charge on any atom is -0.492 e. The summed E-state index contributed by atoms with van der Waals surface area (Å²) in [4.78, 5) is 14.7. The van der Waals surface area contributed by atoms with Crippen LogP contribution in [-0.2, 0) is 9.53 Å². The molecule has 0 unspecified atom stereocenters. The summed E-state index contributed by atoms with van der Waals surface area (Å²) in [6.07, 6.45) is 0. The Hall–Kier alpha value is -2.93. The van der Waals surface area contributed by atoms with Crippen molar-refractivity contribution in [2.45, 2.75) is 20.8 Å². The number of benzene rings is 2.